The molecule has 1 aromatic heterocycles. The number of alkyl halides is 2. The topological polar surface area (TPSA) is 62.7 Å². The number of nitriles is 1. The molecule has 0 unspecified atom stereocenters. The van der Waals surface area contributed by atoms with E-state index in [1.54, 1.807) is 6.07 Å². The normalized spacial score (nSPS) is 10.4. The van der Waals surface area contributed by atoms with Gasteiger partial charge in [-0.3, -0.25) is 0 Å². The van der Waals surface area contributed by atoms with Crippen molar-refractivity contribution in [2.75, 3.05) is 0 Å². The van der Waals surface area contributed by atoms with Crippen molar-refractivity contribution in [2.24, 2.45) is 5.73 Å². The van der Waals surface area contributed by atoms with Crippen LogP contribution in [0.25, 0.3) is 0 Å². The Balaban J connectivity index is 3.25. The van der Waals surface area contributed by atoms with Crippen LogP contribution < -0.4 is 5.73 Å². The summed E-state index contributed by atoms with van der Waals surface area (Å²) in [4.78, 5) is 3.31. The van der Waals surface area contributed by atoms with Gasteiger partial charge in [0.05, 0.1) is 18.2 Å². The smallest absolute Gasteiger partial charge is 0.265 e. The molecule has 0 atom stereocenters. The summed E-state index contributed by atoms with van der Waals surface area (Å²) < 4.78 is 38.0. The highest BCUT2D eigenvalue weighted by Crippen LogP contribution is 2.23. The van der Waals surface area contributed by atoms with E-state index in [9.17, 15) is 13.2 Å². The van der Waals surface area contributed by atoms with E-state index >= 15 is 0 Å². The van der Waals surface area contributed by atoms with E-state index in [0.29, 0.717) is 0 Å². The predicted octanol–water partition coefficient (Wildman–Crippen LogP) is 1.68. The van der Waals surface area contributed by atoms with E-state index in [1.165, 1.54) is 0 Å². The Labute approximate surface area is 84.3 Å². The number of aromatic nitrogens is 1. The average molecular weight is 215 g/mol. The minimum atomic E-state index is -2.77. The van der Waals surface area contributed by atoms with Crippen molar-refractivity contribution in [3.8, 4) is 6.07 Å². The van der Waals surface area contributed by atoms with Crippen LogP contribution in [0.3, 0.4) is 0 Å². The summed E-state index contributed by atoms with van der Waals surface area (Å²) in [5.41, 5.74) is 4.43. The lowest BCUT2D eigenvalue weighted by molar-refractivity contribution is 0.149. The molecule has 0 saturated carbocycles. The van der Waals surface area contributed by atoms with Crippen molar-refractivity contribution >= 4 is 0 Å². The summed E-state index contributed by atoms with van der Waals surface area (Å²) in [5.74, 6) is -0.915. The van der Waals surface area contributed by atoms with Gasteiger partial charge in [-0.15, -0.1) is 0 Å². The number of pyridine rings is 1. The number of nitrogens with two attached hydrogens (primary N) is 1. The molecule has 1 heterocycles. The molecular formula is C9H8F3N3. The monoisotopic (exact) mass is 215 g/mol. The first kappa shape index (κ1) is 11.5. The van der Waals surface area contributed by atoms with Crippen molar-refractivity contribution in [1.29, 1.82) is 5.26 Å². The third-order valence-corrected chi connectivity index (χ3v) is 1.86. The highest BCUT2D eigenvalue weighted by atomic mass is 19.3. The zero-order chi connectivity index (χ0) is 11.4. The molecule has 0 fully saturated rings. The highest BCUT2D eigenvalue weighted by Gasteiger charge is 2.17. The predicted molar refractivity (Wildman–Crippen MR) is 46.4 cm³/mol. The zero-order valence-electron chi connectivity index (χ0n) is 7.67. The second-order valence-electron chi connectivity index (χ2n) is 2.81. The van der Waals surface area contributed by atoms with Gasteiger partial charge in [0.15, 0.2) is 0 Å². The average Bonchev–Trinajstić information content (AvgIpc) is 2.20. The molecule has 0 aromatic carbocycles. The maximum Gasteiger partial charge on any atom is 0.265 e. The summed E-state index contributed by atoms with van der Waals surface area (Å²) in [6.45, 7) is -0.260. The van der Waals surface area contributed by atoms with Gasteiger partial charge in [0.1, 0.15) is 0 Å². The van der Waals surface area contributed by atoms with Crippen LogP contribution in [0, 0.1) is 17.3 Å². The summed E-state index contributed by atoms with van der Waals surface area (Å²) in [6.07, 6.45) is -3.06. The first-order chi connectivity index (χ1) is 7.10. The molecule has 6 heteroatoms. The molecule has 3 nitrogen and oxygen atoms in total. The van der Waals surface area contributed by atoms with Crippen molar-refractivity contribution in [3.05, 3.63) is 28.8 Å². The number of halogens is 3. The molecule has 80 valence electrons. The third kappa shape index (κ3) is 2.44. The largest absolute Gasteiger partial charge is 0.325 e. The van der Waals surface area contributed by atoms with E-state index in [0.717, 1.165) is 6.07 Å². The second-order valence-corrected chi connectivity index (χ2v) is 2.81. The van der Waals surface area contributed by atoms with E-state index in [1.807, 2.05) is 0 Å². The Morgan fingerprint density at radius 2 is 2.20 bits per heavy atom. The molecule has 0 aliphatic carbocycles. The minimum absolute atomic E-state index is 0.134. The van der Waals surface area contributed by atoms with Gasteiger partial charge in [-0.1, -0.05) is 0 Å². The lowest BCUT2D eigenvalue weighted by atomic mass is 10.1. The van der Waals surface area contributed by atoms with Crippen LogP contribution in [0.2, 0.25) is 0 Å². The van der Waals surface area contributed by atoms with Gasteiger partial charge in [0.25, 0.3) is 6.43 Å². The number of nitrogens with zero attached hydrogens (tertiary/aromatic N) is 2. The molecule has 0 spiro atoms. The molecule has 0 aliphatic heterocycles. The quantitative estimate of drug-likeness (QED) is 0.780. The van der Waals surface area contributed by atoms with Gasteiger partial charge < -0.3 is 5.73 Å². The molecule has 2 N–H and O–H groups in total. The van der Waals surface area contributed by atoms with Gasteiger partial charge in [-0.2, -0.15) is 9.65 Å². The van der Waals surface area contributed by atoms with Crippen LogP contribution >= 0.6 is 0 Å². The van der Waals surface area contributed by atoms with Crippen LogP contribution in [0.1, 0.15) is 23.2 Å². The number of rotatable bonds is 3. The fraction of sp³-hybridized carbons (Fsp3) is 0.333. The van der Waals surface area contributed by atoms with Crippen molar-refractivity contribution < 1.29 is 13.2 Å². The van der Waals surface area contributed by atoms with Gasteiger partial charge >= 0.3 is 0 Å². The van der Waals surface area contributed by atoms with Crippen LogP contribution in [0.4, 0.5) is 13.2 Å². The molecular weight excluding hydrogens is 207 g/mol. The molecule has 0 bridgehead atoms. The minimum Gasteiger partial charge on any atom is -0.325 e. The lowest BCUT2D eigenvalue weighted by Crippen LogP contribution is -2.09. The first-order valence-corrected chi connectivity index (χ1v) is 4.13. The fourth-order valence-electron chi connectivity index (χ4n) is 1.15. The van der Waals surface area contributed by atoms with Crippen molar-refractivity contribution in [2.45, 2.75) is 19.4 Å². The molecule has 0 amide bonds. The maximum atomic E-state index is 13.1. The van der Waals surface area contributed by atoms with Gasteiger partial charge in [-0.25, -0.2) is 13.8 Å². The third-order valence-electron chi connectivity index (χ3n) is 1.86. The van der Waals surface area contributed by atoms with Gasteiger partial charge in [-0.05, 0) is 6.07 Å². The van der Waals surface area contributed by atoms with Gasteiger partial charge in [0.2, 0.25) is 5.95 Å². The molecule has 15 heavy (non-hydrogen) atoms. The van der Waals surface area contributed by atoms with E-state index < -0.39 is 17.9 Å². The van der Waals surface area contributed by atoms with E-state index in [2.05, 4.69) is 4.98 Å². The Morgan fingerprint density at radius 3 is 2.67 bits per heavy atom. The van der Waals surface area contributed by atoms with E-state index in [-0.39, 0.29) is 24.2 Å². The summed E-state index contributed by atoms with van der Waals surface area (Å²) in [5, 5.41) is 8.34. The standard InChI is InChI=1S/C9H8F3N3/c10-8(11)6-3-5(1-2-13)9(12)15-7(6)4-14/h3,8H,1,4,14H2. The van der Waals surface area contributed by atoms with Crippen LogP contribution in [-0.2, 0) is 13.0 Å². The first-order valence-electron chi connectivity index (χ1n) is 4.13. The molecule has 0 aliphatic rings. The number of hydrogen-bond acceptors (Lipinski definition) is 3. The summed E-state index contributed by atoms with van der Waals surface area (Å²) >= 11 is 0. The van der Waals surface area contributed by atoms with Crippen LogP contribution in [0.15, 0.2) is 6.07 Å². The van der Waals surface area contributed by atoms with Crippen molar-refractivity contribution in [3.63, 3.8) is 0 Å². The number of hydrogen-bond donors (Lipinski definition) is 1. The molecule has 0 radical (unpaired) electrons. The second kappa shape index (κ2) is 4.75. The summed E-state index contributed by atoms with van der Waals surface area (Å²) in [7, 11) is 0. The summed E-state index contributed by atoms with van der Waals surface area (Å²) in [6, 6.07) is 2.62. The zero-order valence-corrected chi connectivity index (χ0v) is 7.67. The van der Waals surface area contributed by atoms with Crippen LogP contribution in [0.5, 0.6) is 0 Å². The van der Waals surface area contributed by atoms with Crippen molar-refractivity contribution in [1.82, 2.24) is 4.98 Å². The van der Waals surface area contributed by atoms with Crippen LogP contribution in [-0.4, -0.2) is 4.98 Å². The Kier molecular flexibility index (Phi) is 3.63. The molecule has 1 rings (SSSR count). The molecule has 0 saturated heterocycles. The SMILES string of the molecule is N#CCc1cc(C(F)F)c(CN)nc1F. The lowest BCUT2D eigenvalue weighted by Gasteiger charge is -2.08. The van der Waals surface area contributed by atoms with Gasteiger partial charge in [0, 0.05) is 17.7 Å². The maximum absolute atomic E-state index is 13.1. The Morgan fingerprint density at radius 1 is 1.53 bits per heavy atom. The fourth-order valence-corrected chi connectivity index (χ4v) is 1.15. The highest BCUT2D eigenvalue weighted by molar-refractivity contribution is 5.28. The van der Waals surface area contributed by atoms with E-state index in [4.69, 9.17) is 11.0 Å². The molecule has 1 aromatic rings. The Bertz CT molecular complexity index is 398. The Hall–Kier alpha value is -1.61.